The number of rotatable bonds is 4. The number of benzene rings is 1. The zero-order chi connectivity index (χ0) is 13.8. The SMILES string of the molecule is O=C(O)C(c1cccc(C(F)F)c1)N1CCNCC1. The molecule has 1 unspecified atom stereocenters. The van der Waals surface area contributed by atoms with Crippen molar-refractivity contribution < 1.29 is 18.7 Å². The van der Waals surface area contributed by atoms with E-state index in [1.165, 1.54) is 18.2 Å². The van der Waals surface area contributed by atoms with Gasteiger partial charge in [0.05, 0.1) is 0 Å². The molecule has 1 aromatic carbocycles. The normalized spacial score (nSPS) is 18.5. The van der Waals surface area contributed by atoms with Gasteiger partial charge in [-0.25, -0.2) is 8.78 Å². The van der Waals surface area contributed by atoms with Crippen molar-refractivity contribution in [3.8, 4) is 0 Å². The third kappa shape index (κ3) is 3.27. The molecule has 0 bridgehead atoms. The van der Waals surface area contributed by atoms with Gasteiger partial charge in [0.15, 0.2) is 0 Å². The van der Waals surface area contributed by atoms with Crippen LogP contribution in [0.25, 0.3) is 0 Å². The number of alkyl halides is 2. The third-order valence-corrected chi connectivity index (χ3v) is 3.23. The molecule has 2 N–H and O–H groups in total. The van der Waals surface area contributed by atoms with E-state index in [2.05, 4.69) is 5.32 Å². The molecule has 19 heavy (non-hydrogen) atoms. The number of carbonyl (C=O) groups is 1. The highest BCUT2D eigenvalue weighted by molar-refractivity contribution is 5.75. The number of piperazine rings is 1. The van der Waals surface area contributed by atoms with Gasteiger partial charge in [0.2, 0.25) is 0 Å². The minimum atomic E-state index is -2.59. The summed E-state index contributed by atoms with van der Waals surface area (Å²) >= 11 is 0. The Morgan fingerprint density at radius 2 is 1.89 bits per heavy atom. The van der Waals surface area contributed by atoms with E-state index in [1.54, 1.807) is 11.0 Å². The Kier molecular flexibility index (Phi) is 4.44. The third-order valence-electron chi connectivity index (χ3n) is 3.23. The molecule has 2 rings (SSSR count). The molecule has 0 spiro atoms. The lowest BCUT2D eigenvalue weighted by atomic mass is 10.0. The first-order chi connectivity index (χ1) is 9.09. The number of nitrogens with zero attached hydrogens (tertiary/aromatic N) is 1. The maximum absolute atomic E-state index is 12.7. The Hall–Kier alpha value is -1.53. The Morgan fingerprint density at radius 3 is 2.47 bits per heavy atom. The van der Waals surface area contributed by atoms with Gasteiger partial charge < -0.3 is 10.4 Å². The molecule has 1 aromatic rings. The molecule has 0 saturated carbocycles. The first kappa shape index (κ1) is 13.9. The quantitative estimate of drug-likeness (QED) is 0.873. The predicted molar refractivity (Wildman–Crippen MR) is 66.2 cm³/mol. The second kappa shape index (κ2) is 6.08. The summed E-state index contributed by atoms with van der Waals surface area (Å²) in [6.07, 6.45) is -2.59. The number of carboxylic acid groups (broad SMARTS) is 1. The van der Waals surface area contributed by atoms with Gasteiger partial charge >= 0.3 is 5.97 Å². The molecule has 1 saturated heterocycles. The molecule has 1 heterocycles. The lowest BCUT2D eigenvalue weighted by Gasteiger charge is -2.32. The van der Waals surface area contributed by atoms with E-state index in [4.69, 9.17) is 0 Å². The van der Waals surface area contributed by atoms with Crippen molar-refractivity contribution in [3.05, 3.63) is 35.4 Å². The van der Waals surface area contributed by atoms with E-state index in [0.717, 1.165) is 0 Å². The Labute approximate surface area is 110 Å². The van der Waals surface area contributed by atoms with E-state index >= 15 is 0 Å². The number of nitrogens with one attached hydrogen (secondary N) is 1. The van der Waals surface area contributed by atoms with Crippen LogP contribution in [-0.4, -0.2) is 42.2 Å². The highest BCUT2D eigenvalue weighted by Gasteiger charge is 2.28. The summed E-state index contributed by atoms with van der Waals surface area (Å²) < 4.78 is 25.4. The van der Waals surface area contributed by atoms with Crippen LogP contribution in [0.4, 0.5) is 8.78 Å². The topological polar surface area (TPSA) is 52.6 Å². The molecule has 1 fully saturated rings. The van der Waals surface area contributed by atoms with Crippen LogP contribution in [0, 0.1) is 0 Å². The molecular formula is C13H16F2N2O2. The molecule has 1 aliphatic rings. The Balaban J connectivity index is 2.27. The molecular weight excluding hydrogens is 254 g/mol. The minimum absolute atomic E-state index is 0.140. The van der Waals surface area contributed by atoms with Gasteiger partial charge in [-0.3, -0.25) is 9.69 Å². The Bertz CT molecular complexity index is 448. The van der Waals surface area contributed by atoms with Crippen LogP contribution in [0.15, 0.2) is 24.3 Å². The summed E-state index contributed by atoms with van der Waals surface area (Å²) in [5.74, 6) is -1.01. The van der Waals surface area contributed by atoms with E-state index in [1.807, 2.05) is 0 Å². The van der Waals surface area contributed by atoms with Crippen molar-refractivity contribution in [1.82, 2.24) is 10.2 Å². The fourth-order valence-electron chi connectivity index (χ4n) is 2.31. The summed E-state index contributed by atoms with van der Waals surface area (Å²) in [5, 5.41) is 12.5. The maximum atomic E-state index is 12.7. The summed E-state index contributed by atoms with van der Waals surface area (Å²) in [4.78, 5) is 13.2. The van der Waals surface area contributed by atoms with Crippen molar-refractivity contribution >= 4 is 5.97 Å². The fourth-order valence-corrected chi connectivity index (χ4v) is 2.31. The smallest absolute Gasteiger partial charge is 0.325 e. The summed E-state index contributed by atoms with van der Waals surface area (Å²) in [7, 11) is 0. The van der Waals surface area contributed by atoms with Crippen molar-refractivity contribution in [3.63, 3.8) is 0 Å². The first-order valence-corrected chi connectivity index (χ1v) is 6.15. The van der Waals surface area contributed by atoms with E-state index in [9.17, 15) is 18.7 Å². The lowest BCUT2D eigenvalue weighted by Crippen LogP contribution is -2.47. The van der Waals surface area contributed by atoms with Crippen LogP contribution in [0.3, 0.4) is 0 Å². The summed E-state index contributed by atoms with van der Waals surface area (Å²) in [6.45, 7) is 2.60. The molecule has 104 valence electrons. The van der Waals surface area contributed by atoms with Gasteiger partial charge in [-0.2, -0.15) is 0 Å². The molecule has 1 aliphatic heterocycles. The monoisotopic (exact) mass is 270 g/mol. The molecule has 0 amide bonds. The number of hydrogen-bond donors (Lipinski definition) is 2. The molecule has 6 heteroatoms. The van der Waals surface area contributed by atoms with Crippen molar-refractivity contribution in [1.29, 1.82) is 0 Å². The van der Waals surface area contributed by atoms with Gasteiger partial charge in [-0.1, -0.05) is 18.2 Å². The van der Waals surface area contributed by atoms with Crippen molar-refractivity contribution in [2.75, 3.05) is 26.2 Å². The highest BCUT2D eigenvalue weighted by Crippen LogP contribution is 2.26. The summed E-state index contributed by atoms with van der Waals surface area (Å²) in [6, 6.07) is 4.80. The maximum Gasteiger partial charge on any atom is 0.325 e. The average Bonchev–Trinajstić information content (AvgIpc) is 2.40. The van der Waals surface area contributed by atoms with Crippen LogP contribution in [0.2, 0.25) is 0 Å². The van der Waals surface area contributed by atoms with Gasteiger partial charge in [0, 0.05) is 31.7 Å². The molecule has 4 nitrogen and oxygen atoms in total. The van der Waals surface area contributed by atoms with E-state index in [0.29, 0.717) is 31.7 Å². The number of hydrogen-bond acceptors (Lipinski definition) is 3. The average molecular weight is 270 g/mol. The van der Waals surface area contributed by atoms with Gasteiger partial charge in [-0.05, 0) is 11.6 Å². The second-order valence-corrected chi connectivity index (χ2v) is 4.50. The number of aliphatic carboxylic acids is 1. The standard InChI is InChI=1S/C13H16F2N2O2/c14-12(15)10-3-1-2-9(8-10)11(13(18)19)17-6-4-16-5-7-17/h1-3,8,11-12,16H,4-7H2,(H,18,19). The van der Waals surface area contributed by atoms with Crippen LogP contribution in [0.5, 0.6) is 0 Å². The van der Waals surface area contributed by atoms with Gasteiger partial charge in [0.1, 0.15) is 6.04 Å². The largest absolute Gasteiger partial charge is 0.480 e. The highest BCUT2D eigenvalue weighted by atomic mass is 19.3. The van der Waals surface area contributed by atoms with Crippen molar-refractivity contribution in [2.45, 2.75) is 12.5 Å². The van der Waals surface area contributed by atoms with E-state index in [-0.39, 0.29) is 5.56 Å². The van der Waals surface area contributed by atoms with Crippen LogP contribution in [0.1, 0.15) is 23.6 Å². The predicted octanol–water partition coefficient (Wildman–Crippen LogP) is 1.66. The van der Waals surface area contributed by atoms with Crippen LogP contribution >= 0.6 is 0 Å². The van der Waals surface area contributed by atoms with Gasteiger partial charge in [0.25, 0.3) is 6.43 Å². The number of carboxylic acids is 1. The van der Waals surface area contributed by atoms with Crippen LogP contribution < -0.4 is 5.32 Å². The van der Waals surface area contributed by atoms with Crippen molar-refractivity contribution in [2.24, 2.45) is 0 Å². The summed E-state index contributed by atoms with van der Waals surface area (Å²) in [5.41, 5.74) is 0.270. The zero-order valence-electron chi connectivity index (χ0n) is 10.4. The van der Waals surface area contributed by atoms with Gasteiger partial charge in [-0.15, -0.1) is 0 Å². The molecule has 0 radical (unpaired) electrons. The van der Waals surface area contributed by atoms with Crippen LogP contribution in [-0.2, 0) is 4.79 Å². The fraction of sp³-hybridized carbons (Fsp3) is 0.462. The first-order valence-electron chi connectivity index (χ1n) is 6.15. The lowest BCUT2D eigenvalue weighted by molar-refractivity contribution is -0.143. The second-order valence-electron chi connectivity index (χ2n) is 4.50. The molecule has 1 atom stereocenters. The molecule has 0 aromatic heterocycles. The minimum Gasteiger partial charge on any atom is -0.480 e. The Morgan fingerprint density at radius 1 is 1.26 bits per heavy atom. The zero-order valence-corrected chi connectivity index (χ0v) is 10.4. The molecule has 0 aliphatic carbocycles. The number of halogens is 2. The van der Waals surface area contributed by atoms with E-state index < -0.39 is 18.4 Å².